The average molecular weight is 230 g/mol. The van der Waals surface area contributed by atoms with Crippen LogP contribution in [0.15, 0.2) is 48.9 Å². The molecular weight excluding hydrogens is 222 g/mol. The van der Waals surface area contributed by atoms with E-state index in [9.17, 15) is 0 Å². The van der Waals surface area contributed by atoms with E-state index in [2.05, 4.69) is 9.97 Å². The van der Waals surface area contributed by atoms with Gasteiger partial charge in [0.1, 0.15) is 17.1 Å². The SMILES string of the molecule is Clc1cc2nc(-c3ccccc3)cn2cn1. The van der Waals surface area contributed by atoms with E-state index in [1.807, 2.05) is 40.9 Å². The molecule has 78 valence electrons. The number of hydrogen-bond donors (Lipinski definition) is 0. The molecule has 0 unspecified atom stereocenters. The van der Waals surface area contributed by atoms with Crippen molar-refractivity contribution in [2.75, 3.05) is 0 Å². The van der Waals surface area contributed by atoms with Crippen LogP contribution in [0.2, 0.25) is 5.15 Å². The number of rotatable bonds is 1. The minimum Gasteiger partial charge on any atom is -0.290 e. The zero-order valence-corrected chi connectivity index (χ0v) is 9.09. The second kappa shape index (κ2) is 3.61. The Morgan fingerprint density at radius 1 is 1.12 bits per heavy atom. The van der Waals surface area contributed by atoms with Crippen molar-refractivity contribution in [3.8, 4) is 11.3 Å². The summed E-state index contributed by atoms with van der Waals surface area (Å²) in [7, 11) is 0. The van der Waals surface area contributed by atoms with Crippen LogP contribution < -0.4 is 0 Å². The molecule has 1 aromatic carbocycles. The predicted octanol–water partition coefficient (Wildman–Crippen LogP) is 3.05. The molecule has 0 saturated heterocycles. The highest BCUT2D eigenvalue weighted by Crippen LogP contribution is 2.19. The molecule has 0 N–H and O–H groups in total. The summed E-state index contributed by atoms with van der Waals surface area (Å²) in [5, 5.41) is 0.456. The van der Waals surface area contributed by atoms with Gasteiger partial charge in [-0.05, 0) is 0 Å². The quantitative estimate of drug-likeness (QED) is 0.601. The van der Waals surface area contributed by atoms with Gasteiger partial charge in [-0.25, -0.2) is 9.97 Å². The van der Waals surface area contributed by atoms with E-state index in [0.29, 0.717) is 5.15 Å². The first-order chi connectivity index (χ1) is 7.83. The van der Waals surface area contributed by atoms with Crippen molar-refractivity contribution >= 4 is 17.2 Å². The first-order valence-corrected chi connectivity index (χ1v) is 5.26. The van der Waals surface area contributed by atoms with E-state index < -0.39 is 0 Å². The third-order valence-electron chi connectivity index (χ3n) is 2.38. The lowest BCUT2D eigenvalue weighted by molar-refractivity contribution is 1.09. The summed E-state index contributed by atoms with van der Waals surface area (Å²) in [6, 6.07) is 11.8. The van der Waals surface area contributed by atoms with Crippen molar-refractivity contribution in [3.63, 3.8) is 0 Å². The summed E-state index contributed by atoms with van der Waals surface area (Å²) in [6.07, 6.45) is 3.60. The van der Waals surface area contributed by atoms with Gasteiger partial charge in [-0.15, -0.1) is 0 Å². The topological polar surface area (TPSA) is 30.2 Å². The summed E-state index contributed by atoms with van der Waals surface area (Å²) in [4.78, 5) is 8.49. The number of fused-ring (bicyclic) bond motifs is 1. The Morgan fingerprint density at radius 3 is 2.75 bits per heavy atom. The molecule has 3 aromatic rings. The summed E-state index contributed by atoms with van der Waals surface area (Å²) in [5.74, 6) is 0. The molecule has 0 aliphatic heterocycles. The van der Waals surface area contributed by atoms with Crippen LogP contribution in [0.4, 0.5) is 0 Å². The maximum Gasteiger partial charge on any atom is 0.141 e. The van der Waals surface area contributed by atoms with Crippen molar-refractivity contribution in [1.82, 2.24) is 14.4 Å². The molecule has 3 nitrogen and oxygen atoms in total. The van der Waals surface area contributed by atoms with Crippen molar-refractivity contribution < 1.29 is 0 Å². The Kier molecular flexibility index (Phi) is 2.11. The summed E-state index contributed by atoms with van der Waals surface area (Å²) >= 11 is 5.81. The Hall–Kier alpha value is -1.87. The van der Waals surface area contributed by atoms with Crippen molar-refractivity contribution in [1.29, 1.82) is 0 Å². The van der Waals surface area contributed by atoms with E-state index in [1.54, 1.807) is 12.4 Å². The maximum absolute atomic E-state index is 5.81. The van der Waals surface area contributed by atoms with Gasteiger partial charge in [0, 0.05) is 17.8 Å². The van der Waals surface area contributed by atoms with Crippen molar-refractivity contribution in [3.05, 3.63) is 54.1 Å². The molecule has 0 bridgehead atoms. The molecule has 3 rings (SSSR count). The zero-order chi connectivity index (χ0) is 11.0. The fourth-order valence-corrected chi connectivity index (χ4v) is 1.76. The summed E-state index contributed by atoms with van der Waals surface area (Å²) in [5.41, 5.74) is 2.81. The summed E-state index contributed by atoms with van der Waals surface area (Å²) < 4.78 is 1.86. The standard InChI is InChI=1S/C12H8ClN3/c13-11-6-12-15-10(7-16(12)8-14-11)9-4-2-1-3-5-9/h1-8H. The highest BCUT2D eigenvalue weighted by Gasteiger charge is 2.04. The smallest absolute Gasteiger partial charge is 0.141 e. The normalized spacial score (nSPS) is 10.8. The number of nitrogens with zero attached hydrogens (tertiary/aromatic N) is 3. The first-order valence-electron chi connectivity index (χ1n) is 4.88. The second-order valence-corrected chi connectivity index (χ2v) is 3.86. The van der Waals surface area contributed by atoms with E-state index in [0.717, 1.165) is 16.9 Å². The molecule has 0 saturated carbocycles. The van der Waals surface area contributed by atoms with Gasteiger partial charge in [0.2, 0.25) is 0 Å². The lowest BCUT2D eigenvalue weighted by atomic mass is 10.2. The minimum absolute atomic E-state index is 0.456. The fourth-order valence-electron chi connectivity index (χ4n) is 1.62. The largest absolute Gasteiger partial charge is 0.290 e. The Labute approximate surface area is 97.3 Å². The molecule has 0 fully saturated rings. The Bertz CT molecular complexity index is 631. The summed E-state index contributed by atoms with van der Waals surface area (Å²) in [6.45, 7) is 0. The van der Waals surface area contributed by atoms with Gasteiger partial charge in [-0.2, -0.15) is 0 Å². The van der Waals surface area contributed by atoms with Crippen LogP contribution in [0.25, 0.3) is 16.9 Å². The highest BCUT2D eigenvalue weighted by atomic mass is 35.5. The fraction of sp³-hybridized carbons (Fsp3) is 0. The average Bonchev–Trinajstić information content (AvgIpc) is 2.73. The number of imidazole rings is 1. The van der Waals surface area contributed by atoms with Crippen LogP contribution in [0, 0.1) is 0 Å². The Balaban J connectivity index is 2.19. The van der Waals surface area contributed by atoms with Crippen LogP contribution >= 0.6 is 11.6 Å². The molecule has 0 atom stereocenters. The molecule has 2 aromatic heterocycles. The molecule has 0 spiro atoms. The van der Waals surface area contributed by atoms with Crippen LogP contribution in [0.3, 0.4) is 0 Å². The van der Waals surface area contributed by atoms with Crippen LogP contribution in [-0.2, 0) is 0 Å². The van der Waals surface area contributed by atoms with Crippen LogP contribution in [0.1, 0.15) is 0 Å². The lowest BCUT2D eigenvalue weighted by Crippen LogP contribution is -1.84. The molecule has 16 heavy (non-hydrogen) atoms. The van der Waals surface area contributed by atoms with Gasteiger partial charge in [0.15, 0.2) is 0 Å². The van der Waals surface area contributed by atoms with Gasteiger partial charge >= 0.3 is 0 Å². The van der Waals surface area contributed by atoms with Gasteiger partial charge in [-0.1, -0.05) is 41.9 Å². The third-order valence-corrected chi connectivity index (χ3v) is 2.59. The zero-order valence-electron chi connectivity index (χ0n) is 8.34. The second-order valence-electron chi connectivity index (χ2n) is 3.47. The number of aromatic nitrogens is 3. The van der Waals surface area contributed by atoms with Gasteiger partial charge in [-0.3, -0.25) is 4.40 Å². The highest BCUT2D eigenvalue weighted by molar-refractivity contribution is 6.29. The van der Waals surface area contributed by atoms with Crippen LogP contribution in [0.5, 0.6) is 0 Å². The third kappa shape index (κ3) is 1.55. The first kappa shape index (κ1) is 9.36. The van der Waals surface area contributed by atoms with Gasteiger partial charge < -0.3 is 0 Å². The molecule has 0 aliphatic carbocycles. The molecule has 4 heteroatoms. The van der Waals surface area contributed by atoms with E-state index in [-0.39, 0.29) is 0 Å². The minimum atomic E-state index is 0.456. The lowest BCUT2D eigenvalue weighted by Gasteiger charge is -1.92. The van der Waals surface area contributed by atoms with E-state index in [4.69, 9.17) is 11.6 Å². The number of hydrogen-bond acceptors (Lipinski definition) is 2. The van der Waals surface area contributed by atoms with Crippen LogP contribution in [-0.4, -0.2) is 14.4 Å². The monoisotopic (exact) mass is 229 g/mol. The van der Waals surface area contributed by atoms with Crippen molar-refractivity contribution in [2.24, 2.45) is 0 Å². The predicted molar refractivity (Wildman–Crippen MR) is 63.4 cm³/mol. The molecular formula is C12H8ClN3. The van der Waals surface area contributed by atoms with Gasteiger partial charge in [0.05, 0.1) is 5.69 Å². The maximum atomic E-state index is 5.81. The van der Waals surface area contributed by atoms with Gasteiger partial charge in [0.25, 0.3) is 0 Å². The number of halogens is 1. The molecule has 0 radical (unpaired) electrons. The van der Waals surface area contributed by atoms with E-state index in [1.165, 1.54) is 0 Å². The van der Waals surface area contributed by atoms with E-state index >= 15 is 0 Å². The van der Waals surface area contributed by atoms with Crippen molar-refractivity contribution in [2.45, 2.75) is 0 Å². The Morgan fingerprint density at radius 2 is 1.94 bits per heavy atom. The molecule has 0 aliphatic rings. The molecule has 2 heterocycles. The number of benzene rings is 1. The molecule has 0 amide bonds.